The SMILES string of the molecule is Cc1cccc(Br)c1C1(O)CCNCC1. The van der Waals surface area contributed by atoms with Gasteiger partial charge in [0.05, 0.1) is 5.60 Å². The molecule has 15 heavy (non-hydrogen) atoms. The maximum absolute atomic E-state index is 10.6. The zero-order chi connectivity index (χ0) is 10.9. The molecule has 82 valence electrons. The van der Waals surface area contributed by atoms with Gasteiger partial charge < -0.3 is 10.4 Å². The molecule has 1 saturated heterocycles. The zero-order valence-electron chi connectivity index (χ0n) is 8.89. The molecule has 0 atom stereocenters. The van der Waals surface area contributed by atoms with E-state index in [0.29, 0.717) is 0 Å². The number of aryl methyl sites for hydroxylation is 1. The Kier molecular flexibility index (Phi) is 3.14. The van der Waals surface area contributed by atoms with Crippen LogP contribution >= 0.6 is 15.9 Å². The molecule has 1 heterocycles. The number of hydrogen-bond donors (Lipinski definition) is 2. The van der Waals surface area contributed by atoms with Gasteiger partial charge in [-0.3, -0.25) is 0 Å². The van der Waals surface area contributed by atoms with Crippen molar-refractivity contribution >= 4 is 15.9 Å². The van der Waals surface area contributed by atoms with Crippen LogP contribution < -0.4 is 5.32 Å². The van der Waals surface area contributed by atoms with Gasteiger partial charge in [-0.05, 0) is 44.5 Å². The summed E-state index contributed by atoms with van der Waals surface area (Å²) in [4.78, 5) is 0. The Bertz CT molecular complexity index is 338. The fraction of sp³-hybridized carbons (Fsp3) is 0.500. The molecule has 0 aliphatic carbocycles. The van der Waals surface area contributed by atoms with Gasteiger partial charge >= 0.3 is 0 Å². The molecule has 2 rings (SSSR count). The summed E-state index contributed by atoms with van der Waals surface area (Å²) in [5.74, 6) is 0. The number of hydrogen-bond acceptors (Lipinski definition) is 2. The number of piperidine rings is 1. The molecule has 3 heteroatoms. The van der Waals surface area contributed by atoms with E-state index in [1.165, 1.54) is 0 Å². The maximum Gasteiger partial charge on any atom is 0.0934 e. The van der Waals surface area contributed by atoms with E-state index in [2.05, 4.69) is 34.2 Å². The third-order valence-electron chi connectivity index (χ3n) is 3.12. The molecule has 1 aliphatic rings. The Morgan fingerprint density at radius 2 is 2.00 bits per heavy atom. The standard InChI is InChI=1S/C12H16BrNO/c1-9-3-2-4-10(13)11(9)12(15)5-7-14-8-6-12/h2-4,14-15H,5-8H2,1H3. The number of benzene rings is 1. The number of nitrogens with one attached hydrogen (secondary N) is 1. The van der Waals surface area contributed by atoms with E-state index in [9.17, 15) is 5.11 Å². The molecule has 2 N–H and O–H groups in total. The van der Waals surface area contributed by atoms with Crippen LogP contribution in [0.3, 0.4) is 0 Å². The Morgan fingerprint density at radius 3 is 2.60 bits per heavy atom. The van der Waals surface area contributed by atoms with Crippen molar-refractivity contribution in [1.82, 2.24) is 5.32 Å². The fourth-order valence-electron chi connectivity index (χ4n) is 2.31. The van der Waals surface area contributed by atoms with Crippen molar-refractivity contribution in [3.63, 3.8) is 0 Å². The van der Waals surface area contributed by atoms with E-state index in [4.69, 9.17) is 0 Å². The Hall–Kier alpha value is -0.380. The summed E-state index contributed by atoms with van der Waals surface area (Å²) in [6.45, 7) is 3.83. The lowest BCUT2D eigenvalue weighted by Crippen LogP contribution is -2.40. The van der Waals surface area contributed by atoms with Crippen molar-refractivity contribution in [2.45, 2.75) is 25.4 Å². The monoisotopic (exact) mass is 269 g/mol. The molecule has 0 bridgehead atoms. The number of aliphatic hydroxyl groups is 1. The first-order valence-electron chi connectivity index (χ1n) is 5.32. The Morgan fingerprint density at radius 1 is 1.33 bits per heavy atom. The van der Waals surface area contributed by atoms with Crippen molar-refractivity contribution in [3.05, 3.63) is 33.8 Å². The van der Waals surface area contributed by atoms with Crippen LogP contribution in [0.15, 0.2) is 22.7 Å². The quantitative estimate of drug-likeness (QED) is 0.821. The zero-order valence-corrected chi connectivity index (χ0v) is 10.5. The van der Waals surface area contributed by atoms with Crippen LogP contribution in [-0.2, 0) is 5.60 Å². The highest BCUT2D eigenvalue weighted by molar-refractivity contribution is 9.10. The second kappa shape index (κ2) is 4.24. The normalized spacial score (nSPS) is 20.2. The molecular weight excluding hydrogens is 254 g/mol. The summed E-state index contributed by atoms with van der Waals surface area (Å²) >= 11 is 3.54. The van der Waals surface area contributed by atoms with Crippen LogP contribution in [0.4, 0.5) is 0 Å². The summed E-state index contributed by atoms with van der Waals surface area (Å²) in [7, 11) is 0. The van der Waals surface area contributed by atoms with E-state index >= 15 is 0 Å². The first kappa shape index (κ1) is 11.1. The summed E-state index contributed by atoms with van der Waals surface area (Å²) in [5, 5.41) is 13.9. The van der Waals surface area contributed by atoms with E-state index in [1.54, 1.807) is 0 Å². The van der Waals surface area contributed by atoms with Gasteiger partial charge in [-0.15, -0.1) is 0 Å². The maximum atomic E-state index is 10.6. The van der Waals surface area contributed by atoms with Crippen LogP contribution in [0.2, 0.25) is 0 Å². The van der Waals surface area contributed by atoms with Gasteiger partial charge in [0, 0.05) is 10.0 Å². The second-order valence-corrected chi connectivity index (χ2v) is 5.07. The van der Waals surface area contributed by atoms with Crippen molar-refractivity contribution in [2.24, 2.45) is 0 Å². The molecule has 0 spiro atoms. The van der Waals surface area contributed by atoms with Gasteiger partial charge in [0.1, 0.15) is 0 Å². The average molecular weight is 270 g/mol. The molecule has 0 radical (unpaired) electrons. The minimum atomic E-state index is -0.657. The average Bonchev–Trinajstić information content (AvgIpc) is 2.18. The van der Waals surface area contributed by atoms with Crippen LogP contribution in [0.25, 0.3) is 0 Å². The Labute approximate surface area is 98.8 Å². The molecule has 2 nitrogen and oxygen atoms in total. The molecular formula is C12H16BrNO. The number of rotatable bonds is 1. The van der Waals surface area contributed by atoms with Gasteiger partial charge in [-0.2, -0.15) is 0 Å². The summed E-state index contributed by atoms with van der Waals surface area (Å²) in [6, 6.07) is 6.07. The summed E-state index contributed by atoms with van der Waals surface area (Å²) < 4.78 is 1.02. The summed E-state index contributed by atoms with van der Waals surface area (Å²) in [5.41, 5.74) is 1.57. The van der Waals surface area contributed by atoms with E-state index in [1.807, 2.05) is 12.1 Å². The minimum absolute atomic E-state index is 0.657. The molecule has 1 aromatic rings. The van der Waals surface area contributed by atoms with Crippen LogP contribution in [0.1, 0.15) is 24.0 Å². The van der Waals surface area contributed by atoms with E-state index in [0.717, 1.165) is 41.5 Å². The van der Waals surface area contributed by atoms with Crippen LogP contribution in [0.5, 0.6) is 0 Å². The smallest absolute Gasteiger partial charge is 0.0934 e. The Balaban J connectivity index is 2.42. The first-order valence-corrected chi connectivity index (χ1v) is 6.11. The molecule has 0 saturated carbocycles. The lowest BCUT2D eigenvalue weighted by atomic mass is 9.83. The predicted octanol–water partition coefficient (Wildman–Crippen LogP) is 2.33. The minimum Gasteiger partial charge on any atom is -0.385 e. The number of halogens is 1. The van der Waals surface area contributed by atoms with Crippen molar-refractivity contribution < 1.29 is 5.11 Å². The molecule has 0 unspecified atom stereocenters. The largest absolute Gasteiger partial charge is 0.385 e. The lowest BCUT2D eigenvalue weighted by molar-refractivity contribution is 0.00471. The molecule has 1 aromatic carbocycles. The van der Waals surface area contributed by atoms with Crippen LogP contribution in [-0.4, -0.2) is 18.2 Å². The fourth-order valence-corrected chi connectivity index (χ4v) is 3.15. The molecule has 1 fully saturated rings. The van der Waals surface area contributed by atoms with E-state index in [-0.39, 0.29) is 0 Å². The van der Waals surface area contributed by atoms with Crippen molar-refractivity contribution in [1.29, 1.82) is 0 Å². The second-order valence-electron chi connectivity index (χ2n) is 4.21. The third-order valence-corrected chi connectivity index (χ3v) is 3.78. The lowest BCUT2D eigenvalue weighted by Gasteiger charge is -2.34. The molecule has 1 aliphatic heterocycles. The first-order chi connectivity index (χ1) is 7.13. The van der Waals surface area contributed by atoms with E-state index < -0.39 is 5.60 Å². The van der Waals surface area contributed by atoms with Gasteiger partial charge in [0.2, 0.25) is 0 Å². The third kappa shape index (κ3) is 2.10. The van der Waals surface area contributed by atoms with Gasteiger partial charge in [-0.25, -0.2) is 0 Å². The highest BCUT2D eigenvalue weighted by Gasteiger charge is 2.33. The molecule has 0 aromatic heterocycles. The molecule has 0 amide bonds. The van der Waals surface area contributed by atoms with Crippen molar-refractivity contribution in [2.75, 3.05) is 13.1 Å². The van der Waals surface area contributed by atoms with Crippen LogP contribution in [0, 0.1) is 6.92 Å². The van der Waals surface area contributed by atoms with Gasteiger partial charge in [-0.1, -0.05) is 28.1 Å². The highest BCUT2D eigenvalue weighted by atomic mass is 79.9. The highest BCUT2D eigenvalue weighted by Crippen LogP contribution is 2.37. The van der Waals surface area contributed by atoms with Crippen molar-refractivity contribution in [3.8, 4) is 0 Å². The topological polar surface area (TPSA) is 32.3 Å². The van der Waals surface area contributed by atoms with Gasteiger partial charge in [0.25, 0.3) is 0 Å². The predicted molar refractivity (Wildman–Crippen MR) is 64.9 cm³/mol. The van der Waals surface area contributed by atoms with Gasteiger partial charge in [0.15, 0.2) is 0 Å². The summed E-state index contributed by atoms with van der Waals surface area (Å²) in [6.07, 6.45) is 1.58.